The van der Waals surface area contributed by atoms with Crippen LogP contribution in [0.4, 0.5) is 11.4 Å². The van der Waals surface area contributed by atoms with Gasteiger partial charge in [-0.1, -0.05) is 23.2 Å². The molecule has 0 aromatic heterocycles. The molecular weight excluding hydrogens is 365 g/mol. The molecule has 3 rings (SSSR count). The molecule has 0 fully saturated rings. The molecule has 0 N–H and O–H groups in total. The monoisotopic (exact) mass is 379 g/mol. The fourth-order valence-corrected chi connectivity index (χ4v) is 3.30. The van der Waals surface area contributed by atoms with Gasteiger partial charge in [-0.15, -0.1) is 0 Å². The first-order valence-corrected chi connectivity index (χ1v) is 8.35. The van der Waals surface area contributed by atoms with Crippen LogP contribution < -0.4 is 4.90 Å². The number of nitrogens with zero attached hydrogens (tertiary/aromatic N) is 3. The lowest BCUT2D eigenvalue weighted by molar-refractivity contribution is -0.384. The SMILES string of the molecule is CN1CCN(C(=O)c2ccc([N+](=O)[O-])cc2Cl)c2ccc(Cl)cc2C1. The number of non-ortho nitro benzene ring substituents is 1. The Morgan fingerprint density at radius 2 is 1.92 bits per heavy atom. The minimum Gasteiger partial charge on any atom is -0.307 e. The molecule has 1 amide bonds. The zero-order chi connectivity index (χ0) is 18.1. The van der Waals surface area contributed by atoms with Crippen molar-refractivity contribution in [2.75, 3.05) is 25.0 Å². The van der Waals surface area contributed by atoms with E-state index in [0.717, 1.165) is 11.3 Å². The smallest absolute Gasteiger partial charge is 0.270 e. The lowest BCUT2D eigenvalue weighted by atomic mass is 10.1. The van der Waals surface area contributed by atoms with Crippen LogP contribution in [-0.4, -0.2) is 35.9 Å². The number of anilines is 1. The van der Waals surface area contributed by atoms with E-state index in [1.165, 1.54) is 18.2 Å². The largest absolute Gasteiger partial charge is 0.307 e. The maximum atomic E-state index is 13.0. The number of likely N-dealkylation sites (N-methyl/N-ethyl adjacent to an activating group) is 1. The lowest BCUT2D eigenvalue weighted by Gasteiger charge is -2.23. The number of amides is 1. The van der Waals surface area contributed by atoms with Crippen LogP contribution in [0.3, 0.4) is 0 Å². The number of hydrogen-bond donors (Lipinski definition) is 0. The number of rotatable bonds is 2. The van der Waals surface area contributed by atoms with Crippen LogP contribution in [0.5, 0.6) is 0 Å². The number of nitro benzene ring substituents is 1. The first-order valence-electron chi connectivity index (χ1n) is 7.59. The second-order valence-electron chi connectivity index (χ2n) is 5.89. The molecular formula is C17H15Cl2N3O3. The molecule has 25 heavy (non-hydrogen) atoms. The highest BCUT2D eigenvalue weighted by Gasteiger charge is 2.26. The summed E-state index contributed by atoms with van der Waals surface area (Å²) >= 11 is 12.2. The van der Waals surface area contributed by atoms with E-state index in [2.05, 4.69) is 4.90 Å². The summed E-state index contributed by atoms with van der Waals surface area (Å²) in [4.78, 5) is 27.1. The van der Waals surface area contributed by atoms with Crippen LogP contribution >= 0.6 is 23.2 Å². The Hall–Kier alpha value is -2.15. The Bertz CT molecular complexity index is 857. The molecule has 130 valence electrons. The van der Waals surface area contributed by atoms with Gasteiger partial charge in [-0.05, 0) is 36.9 Å². The third-order valence-corrected chi connectivity index (χ3v) is 4.66. The molecule has 1 aliphatic heterocycles. The minimum atomic E-state index is -0.543. The highest BCUT2D eigenvalue weighted by atomic mass is 35.5. The number of hydrogen-bond acceptors (Lipinski definition) is 4. The molecule has 2 aromatic rings. The fraction of sp³-hybridized carbons (Fsp3) is 0.235. The molecule has 0 spiro atoms. The Labute approximate surface area is 154 Å². The average Bonchev–Trinajstić information content (AvgIpc) is 2.71. The highest BCUT2D eigenvalue weighted by molar-refractivity contribution is 6.35. The van der Waals surface area contributed by atoms with E-state index >= 15 is 0 Å². The van der Waals surface area contributed by atoms with Crippen LogP contribution in [0.15, 0.2) is 36.4 Å². The van der Waals surface area contributed by atoms with Gasteiger partial charge in [0.2, 0.25) is 0 Å². The van der Waals surface area contributed by atoms with E-state index in [0.29, 0.717) is 24.7 Å². The van der Waals surface area contributed by atoms with Crippen molar-refractivity contribution in [3.8, 4) is 0 Å². The molecule has 0 bridgehead atoms. The quantitative estimate of drug-likeness (QED) is 0.584. The summed E-state index contributed by atoms with van der Waals surface area (Å²) < 4.78 is 0. The Kier molecular flexibility index (Phi) is 4.94. The third-order valence-electron chi connectivity index (χ3n) is 4.12. The minimum absolute atomic E-state index is 0.0623. The Morgan fingerprint density at radius 1 is 1.16 bits per heavy atom. The van der Waals surface area contributed by atoms with Crippen molar-refractivity contribution in [3.05, 3.63) is 67.7 Å². The van der Waals surface area contributed by atoms with Gasteiger partial charge in [0, 0.05) is 42.5 Å². The number of halogens is 2. The number of benzene rings is 2. The second-order valence-corrected chi connectivity index (χ2v) is 6.73. The molecule has 0 saturated heterocycles. The van der Waals surface area contributed by atoms with Gasteiger partial charge >= 0.3 is 0 Å². The maximum absolute atomic E-state index is 13.0. The molecule has 2 aromatic carbocycles. The summed E-state index contributed by atoms with van der Waals surface area (Å²) in [5.41, 5.74) is 1.80. The van der Waals surface area contributed by atoms with E-state index in [1.807, 2.05) is 19.2 Å². The molecule has 0 atom stereocenters. The summed E-state index contributed by atoms with van der Waals surface area (Å²) in [6.07, 6.45) is 0. The van der Waals surface area contributed by atoms with Gasteiger partial charge in [0.15, 0.2) is 0 Å². The normalized spacial score (nSPS) is 14.8. The predicted molar refractivity (Wildman–Crippen MR) is 97.6 cm³/mol. The van der Waals surface area contributed by atoms with Gasteiger partial charge in [0.1, 0.15) is 0 Å². The summed E-state index contributed by atoms with van der Waals surface area (Å²) in [5.74, 6) is -0.293. The highest BCUT2D eigenvalue weighted by Crippen LogP contribution is 2.31. The summed E-state index contributed by atoms with van der Waals surface area (Å²) in [7, 11) is 1.97. The Morgan fingerprint density at radius 3 is 2.60 bits per heavy atom. The van der Waals surface area contributed by atoms with Crippen LogP contribution in [0.1, 0.15) is 15.9 Å². The molecule has 0 unspecified atom stereocenters. The van der Waals surface area contributed by atoms with Crippen molar-refractivity contribution >= 4 is 40.5 Å². The Balaban J connectivity index is 2.01. The van der Waals surface area contributed by atoms with Crippen LogP contribution in [0.25, 0.3) is 0 Å². The first kappa shape index (κ1) is 17.7. The van der Waals surface area contributed by atoms with Crippen LogP contribution in [0, 0.1) is 10.1 Å². The van der Waals surface area contributed by atoms with E-state index in [1.54, 1.807) is 11.0 Å². The lowest BCUT2D eigenvalue weighted by Crippen LogP contribution is -2.35. The summed E-state index contributed by atoms with van der Waals surface area (Å²) in [6, 6.07) is 9.27. The standard InChI is InChI=1S/C17H15Cl2N3O3/c1-20-6-7-21(16-5-2-12(18)8-11(16)10-20)17(23)14-4-3-13(22(24)25)9-15(14)19/h2-5,8-9H,6-7,10H2,1H3. The summed E-state index contributed by atoms with van der Waals surface area (Å²) in [5, 5.41) is 11.5. The van der Waals surface area contributed by atoms with Crippen molar-refractivity contribution in [3.63, 3.8) is 0 Å². The number of nitro groups is 1. The number of carbonyl (C=O) groups is 1. The third kappa shape index (κ3) is 3.61. The van der Waals surface area contributed by atoms with Crippen molar-refractivity contribution in [1.82, 2.24) is 4.90 Å². The van der Waals surface area contributed by atoms with Gasteiger partial charge in [0.25, 0.3) is 11.6 Å². The van der Waals surface area contributed by atoms with Gasteiger partial charge in [-0.3, -0.25) is 14.9 Å². The van der Waals surface area contributed by atoms with E-state index < -0.39 is 4.92 Å². The molecule has 8 heteroatoms. The van der Waals surface area contributed by atoms with Crippen LogP contribution in [-0.2, 0) is 6.54 Å². The van der Waals surface area contributed by atoms with Gasteiger partial charge in [0.05, 0.1) is 15.5 Å². The van der Waals surface area contributed by atoms with Crippen molar-refractivity contribution in [2.45, 2.75) is 6.54 Å². The van der Waals surface area contributed by atoms with E-state index in [9.17, 15) is 14.9 Å². The molecule has 1 heterocycles. The van der Waals surface area contributed by atoms with Crippen molar-refractivity contribution in [1.29, 1.82) is 0 Å². The predicted octanol–water partition coefficient (Wildman–Crippen LogP) is 3.99. The maximum Gasteiger partial charge on any atom is 0.270 e. The van der Waals surface area contributed by atoms with Crippen molar-refractivity contribution in [2.24, 2.45) is 0 Å². The number of carbonyl (C=O) groups excluding carboxylic acids is 1. The molecule has 0 radical (unpaired) electrons. The zero-order valence-corrected chi connectivity index (χ0v) is 14.9. The molecule has 1 aliphatic rings. The van der Waals surface area contributed by atoms with E-state index in [-0.39, 0.29) is 22.2 Å². The fourth-order valence-electron chi connectivity index (χ4n) is 2.85. The topological polar surface area (TPSA) is 66.7 Å². The molecule has 0 aliphatic carbocycles. The molecule has 6 nitrogen and oxygen atoms in total. The number of fused-ring (bicyclic) bond motifs is 1. The van der Waals surface area contributed by atoms with Gasteiger partial charge < -0.3 is 9.80 Å². The average molecular weight is 380 g/mol. The van der Waals surface area contributed by atoms with Crippen molar-refractivity contribution < 1.29 is 9.72 Å². The zero-order valence-electron chi connectivity index (χ0n) is 13.4. The first-order chi connectivity index (χ1) is 11.9. The van der Waals surface area contributed by atoms with Crippen LogP contribution in [0.2, 0.25) is 10.0 Å². The molecule has 0 saturated carbocycles. The van der Waals surface area contributed by atoms with Gasteiger partial charge in [-0.2, -0.15) is 0 Å². The second kappa shape index (κ2) is 7.00. The van der Waals surface area contributed by atoms with Gasteiger partial charge in [-0.25, -0.2) is 0 Å². The summed E-state index contributed by atoms with van der Waals surface area (Å²) in [6.45, 7) is 1.84. The van der Waals surface area contributed by atoms with E-state index in [4.69, 9.17) is 23.2 Å².